The fourth-order valence-corrected chi connectivity index (χ4v) is 7.18. The monoisotopic (exact) mass is 527 g/mol. The molecule has 5 rings (SSSR count). The molecule has 0 aliphatic carbocycles. The van der Waals surface area contributed by atoms with Crippen molar-refractivity contribution in [2.24, 2.45) is 12.0 Å². The third-order valence-electron chi connectivity index (χ3n) is 5.50. The maximum atomic E-state index is 13.2. The number of amides is 1. The van der Waals surface area contributed by atoms with Crippen LogP contribution in [0.1, 0.15) is 15.9 Å². The van der Waals surface area contributed by atoms with Crippen molar-refractivity contribution in [1.29, 1.82) is 0 Å². The molecule has 3 aromatic carbocycles. The molecular weight excluding hydrogens is 510 g/mol. The standard InChI is InChI=1S/C23H18BrN3O3S2/c1-26-21-18(24)6-4-8-20(21)31-23(26)25-22(28)16-9-11-17(12-10-16)32(29,30)27-14-13-15-5-2-3-7-19(15)27/h2-12H,13-14H2,1H3. The first-order chi connectivity index (χ1) is 15.4. The van der Waals surface area contributed by atoms with Gasteiger partial charge < -0.3 is 4.57 Å². The summed E-state index contributed by atoms with van der Waals surface area (Å²) in [6, 6.07) is 19.3. The zero-order valence-corrected chi connectivity index (χ0v) is 20.2. The smallest absolute Gasteiger partial charge is 0.279 e. The Labute approximate surface area is 197 Å². The Morgan fingerprint density at radius 1 is 1.03 bits per heavy atom. The number of fused-ring (bicyclic) bond motifs is 2. The molecule has 1 aliphatic heterocycles. The number of halogens is 1. The first-order valence-corrected chi connectivity index (χ1v) is 12.9. The molecule has 2 heterocycles. The second-order valence-electron chi connectivity index (χ2n) is 7.43. The molecule has 1 aliphatic rings. The van der Waals surface area contributed by atoms with Gasteiger partial charge in [-0.15, -0.1) is 0 Å². The molecule has 0 fully saturated rings. The number of aromatic nitrogens is 1. The first kappa shape index (κ1) is 21.1. The van der Waals surface area contributed by atoms with Crippen LogP contribution in [0, 0.1) is 0 Å². The van der Waals surface area contributed by atoms with Crippen molar-refractivity contribution in [3.8, 4) is 0 Å². The number of rotatable bonds is 3. The van der Waals surface area contributed by atoms with Crippen molar-refractivity contribution in [2.75, 3.05) is 10.8 Å². The van der Waals surface area contributed by atoms with Crippen molar-refractivity contribution in [3.63, 3.8) is 0 Å². The summed E-state index contributed by atoms with van der Waals surface area (Å²) >= 11 is 4.96. The minimum atomic E-state index is -3.70. The van der Waals surface area contributed by atoms with Crippen LogP contribution in [0.5, 0.6) is 0 Å². The van der Waals surface area contributed by atoms with Crippen LogP contribution in [-0.2, 0) is 23.5 Å². The van der Waals surface area contributed by atoms with Gasteiger partial charge in [0.25, 0.3) is 15.9 Å². The second kappa shape index (κ2) is 7.99. The van der Waals surface area contributed by atoms with Crippen LogP contribution >= 0.6 is 27.3 Å². The number of hydrogen-bond acceptors (Lipinski definition) is 4. The predicted molar refractivity (Wildman–Crippen MR) is 130 cm³/mol. The number of sulfonamides is 1. The highest BCUT2D eigenvalue weighted by Gasteiger charge is 2.30. The van der Waals surface area contributed by atoms with Crippen molar-refractivity contribution < 1.29 is 13.2 Å². The van der Waals surface area contributed by atoms with E-state index in [9.17, 15) is 13.2 Å². The lowest BCUT2D eigenvalue weighted by Gasteiger charge is -2.19. The Kier molecular flexibility index (Phi) is 5.27. The average Bonchev–Trinajstić information content (AvgIpc) is 3.36. The average molecular weight is 528 g/mol. The van der Waals surface area contributed by atoms with E-state index >= 15 is 0 Å². The minimum absolute atomic E-state index is 0.155. The Bertz CT molecular complexity index is 1540. The van der Waals surface area contributed by atoms with Gasteiger partial charge in [-0.2, -0.15) is 4.99 Å². The Morgan fingerprint density at radius 3 is 2.53 bits per heavy atom. The number of hydrogen-bond donors (Lipinski definition) is 0. The van der Waals surface area contributed by atoms with E-state index in [4.69, 9.17) is 0 Å². The van der Waals surface area contributed by atoms with E-state index in [2.05, 4.69) is 20.9 Å². The Balaban J connectivity index is 1.45. The van der Waals surface area contributed by atoms with E-state index in [1.54, 1.807) is 0 Å². The molecule has 0 atom stereocenters. The molecule has 0 spiro atoms. The number of nitrogens with zero attached hydrogens (tertiary/aromatic N) is 3. The summed E-state index contributed by atoms with van der Waals surface area (Å²) < 4.78 is 31.6. The van der Waals surface area contributed by atoms with Crippen molar-refractivity contribution in [2.45, 2.75) is 11.3 Å². The lowest BCUT2D eigenvalue weighted by Crippen LogP contribution is -2.29. The van der Waals surface area contributed by atoms with Crippen LogP contribution in [0.15, 0.2) is 81.1 Å². The minimum Gasteiger partial charge on any atom is -0.318 e. The number of aryl methyl sites for hydroxylation is 1. The molecule has 0 saturated heterocycles. The van der Waals surface area contributed by atoms with Gasteiger partial charge in [0.2, 0.25) is 0 Å². The van der Waals surface area contributed by atoms with Gasteiger partial charge >= 0.3 is 0 Å². The first-order valence-electron chi connectivity index (χ1n) is 9.90. The topological polar surface area (TPSA) is 71.7 Å². The Hall–Kier alpha value is -2.75. The highest BCUT2D eigenvalue weighted by Crippen LogP contribution is 2.32. The number of thiazole rings is 1. The highest BCUT2D eigenvalue weighted by molar-refractivity contribution is 9.10. The second-order valence-corrected chi connectivity index (χ2v) is 11.2. The molecule has 0 radical (unpaired) electrons. The molecule has 9 heteroatoms. The van der Waals surface area contributed by atoms with Gasteiger partial charge in [-0.3, -0.25) is 9.10 Å². The Morgan fingerprint density at radius 2 is 1.78 bits per heavy atom. The molecule has 1 amide bonds. The summed E-state index contributed by atoms with van der Waals surface area (Å²) in [5, 5.41) is 0. The SMILES string of the molecule is Cn1c(=NC(=O)c2ccc(S(=O)(=O)N3CCc4ccccc43)cc2)sc2cccc(Br)c21. The predicted octanol–water partition coefficient (Wildman–Crippen LogP) is 4.49. The van der Waals surface area contributed by atoms with E-state index in [0.717, 1.165) is 20.3 Å². The zero-order valence-electron chi connectivity index (χ0n) is 17.0. The lowest BCUT2D eigenvalue weighted by molar-refractivity contribution is 0.0998. The van der Waals surface area contributed by atoms with E-state index in [1.165, 1.54) is 39.9 Å². The van der Waals surface area contributed by atoms with Gasteiger partial charge in [-0.1, -0.05) is 35.6 Å². The number of anilines is 1. The fraction of sp³-hybridized carbons (Fsp3) is 0.130. The number of para-hydroxylation sites is 2. The maximum Gasteiger partial charge on any atom is 0.279 e. The van der Waals surface area contributed by atoms with Crippen molar-refractivity contribution >= 4 is 59.1 Å². The normalized spacial score (nSPS) is 14.2. The summed E-state index contributed by atoms with van der Waals surface area (Å²) in [6.07, 6.45) is 0.688. The van der Waals surface area contributed by atoms with Crippen LogP contribution in [0.2, 0.25) is 0 Å². The van der Waals surface area contributed by atoms with Crippen LogP contribution in [0.3, 0.4) is 0 Å². The van der Waals surface area contributed by atoms with E-state index in [1.807, 2.05) is 54.1 Å². The van der Waals surface area contributed by atoms with Crippen LogP contribution in [0.4, 0.5) is 5.69 Å². The van der Waals surface area contributed by atoms with Gasteiger partial charge in [0.1, 0.15) is 0 Å². The van der Waals surface area contributed by atoms with Gasteiger partial charge in [-0.25, -0.2) is 8.42 Å². The van der Waals surface area contributed by atoms with Crippen LogP contribution < -0.4 is 9.11 Å². The summed E-state index contributed by atoms with van der Waals surface area (Å²) in [7, 11) is -1.84. The summed E-state index contributed by atoms with van der Waals surface area (Å²) in [6.45, 7) is 0.412. The molecule has 162 valence electrons. The lowest BCUT2D eigenvalue weighted by atomic mass is 10.2. The van der Waals surface area contributed by atoms with E-state index < -0.39 is 15.9 Å². The summed E-state index contributed by atoms with van der Waals surface area (Å²) in [5.41, 5.74) is 3.04. The summed E-state index contributed by atoms with van der Waals surface area (Å²) in [4.78, 5) is 17.8. The molecular formula is C23H18BrN3O3S2. The molecule has 4 aromatic rings. The van der Waals surface area contributed by atoms with Gasteiger partial charge in [-0.05, 0) is 70.4 Å². The van der Waals surface area contributed by atoms with Gasteiger partial charge in [0, 0.05) is 23.6 Å². The zero-order chi connectivity index (χ0) is 22.5. The molecule has 0 saturated carbocycles. The summed E-state index contributed by atoms with van der Waals surface area (Å²) in [5.74, 6) is -0.418. The molecule has 0 N–H and O–H groups in total. The van der Waals surface area contributed by atoms with E-state index in [0.29, 0.717) is 29.0 Å². The van der Waals surface area contributed by atoms with Gasteiger partial charge in [0.05, 0.1) is 20.8 Å². The molecule has 0 bridgehead atoms. The maximum absolute atomic E-state index is 13.2. The van der Waals surface area contributed by atoms with Crippen molar-refractivity contribution in [1.82, 2.24) is 4.57 Å². The largest absolute Gasteiger partial charge is 0.318 e. The quantitative estimate of drug-likeness (QED) is 0.393. The van der Waals surface area contributed by atoms with E-state index in [-0.39, 0.29) is 4.90 Å². The third-order valence-corrected chi connectivity index (χ3v) is 9.07. The third kappa shape index (κ3) is 3.50. The highest BCUT2D eigenvalue weighted by atomic mass is 79.9. The van der Waals surface area contributed by atoms with Gasteiger partial charge in [0.15, 0.2) is 4.80 Å². The van der Waals surface area contributed by atoms with Crippen LogP contribution in [-0.4, -0.2) is 25.4 Å². The number of carbonyl (C=O) groups is 1. The molecule has 6 nitrogen and oxygen atoms in total. The van der Waals surface area contributed by atoms with Crippen LogP contribution in [0.25, 0.3) is 10.2 Å². The molecule has 1 aromatic heterocycles. The fourth-order valence-electron chi connectivity index (χ4n) is 3.87. The van der Waals surface area contributed by atoms with Crippen molar-refractivity contribution in [3.05, 3.63) is 87.1 Å². The number of benzene rings is 3. The molecule has 0 unspecified atom stereocenters. The molecule has 32 heavy (non-hydrogen) atoms. The number of carbonyl (C=O) groups excluding carboxylic acids is 1.